The number of urea groups is 1. The summed E-state index contributed by atoms with van der Waals surface area (Å²) in [7, 11) is 0. The average molecular weight is 1860 g/mol. The van der Waals surface area contributed by atoms with Gasteiger partial charge in [-0.15, -0.1) is 0 Å². The molecule has 0 aliphatic carbocycles. The van der Waals surface area contributed by atoms with Crippen LogP contribution in [-0.2, 0) is 101 Å². The van der Waals surface area contributed by atoms with E-state index in [9.17, 15) is 61.1 Å². The smallest absolute Gasteiger partial charge is 0.423 e. The Labute approximate surface area is 795 Å². The molecule has 0 saturated carbocycles. The third kappa shape index (κ3) is 24.3. The molecule has 8 heterocycles. The molecule has 0 bridgehead atoms. The maximum atomic E-state index is 14.5. The van der Waals surface area contributed by atoms with E-state index < -0.39 is 52.5 Å². The van der Waals surface area contributed by atoms with E-state index in [1.807, 2.05) is 294 Å². The van der Waals surface area contributed by atoms with Crippen molar-refractivity contribution in [2.24, 2.45) is 0 Å². The molecule has 29 heteroatoms. The number of rotatable bonds is 30. The van der Waals surface area contributed by atoms with E-state index in [1.165, 1.54) is 17.0 Å². The van der Waals surface area contributed by atoms with Gasteiger partial charge in [0.25, 0.3) is 5.56 Å². The Morgan fingerprint density at radius 2 is 0.717 bits per heavy atom. The Balaban J connectivity index is 0.000000144. The predicted molar refractivity (Wildman–Crippen MR) is 516 cm³/mol. The van der Waals surface area contributed by atoms with E-state index in [-0.39, 0.29) is 98.0 Å². The quantitative estimate of drug-likeness (QED) is 0.0279. The number of hydrogen-bond acceptors (Lipinski definition) is 15. The Hall–Kier alpha value is -16.3. The van der Waals surface area contributed by atoms with E-state index in [1.54, 1.807) is 74.6 Å². The molecule has 4 saturated heterocycles. The fourth-order valence-corrected chi connectivity index (χ4v) is 17.1. The van der Waals surface area contributed by atoms with Crippen LogP contribution in [0.1, 0.15) is 103 Å². The molecular formula is C109H104F3N13O13. The molecule has 7 amide bonds. The third-order valence-electron chi connectivity index (χ3n) is 24.0. The minimum Gasteiger partial charge on any atom is -0.483 e. The highest BCUT2D eigenvalue weighted by Crippen LogP contribution is 2.44. The molecule has 10 aromatic carbocycles. The number of hydrogen-bond donors (Lipinski definition) is 3. The van der Waals surface area contributed by atoms with E-state index in [0.29, 0.717) is 107 Å². The van der Waals surface area contributed by atoms with Crippen LogP contribution in [0.2, 0.25) is 0 Å². The summed E-state index contributed by atoms with van der Waals surface area (Å²) in [5.74, 6) is -1.66. The van der Waals surface area contributed by atoms with E-state index in [0.717, 1.165) is 60.3 Å². The number of aromatic nitrogens is 5. The first kappa shape index (κ1) is 96.3. The first-order valence-corrected chi connectivity index (χ1v) is 45.6. The lowest BCUT2D eigenvalue weighted by molar-refractivity contribution is -0.159. The van der Waals surface area contributed by atoms with Crippen LogP contribution in [0, 0.1) is 0 Å². The highest BCUT2D eigenvalue weighted by molar-refractivity contribution is 6.36. The van der Waals surface area contributed by atoms with Gasteiger partial charge in [-0.25, -0.2) is 9.78 Å². The van der Waals surface area contributed by atoms with E-state index in [4.69, 9.17) is 14.2 Å². The van der Waals surface area contributed by atoms with Gasteiger partial charge in [-0.2, -0.15) is 13.2 Å². The van der Waals surface area contributed by atoms with E-state index >= 15 is 0 Å². The van der Waals surface area contributed by atoms with Gasteiger partial charge < -0.3 is 68.4 Å². The fraction of sp³-hybridized carbons (Fsp3) is 0.220. The highest BCUT2D eigenvalue weighted by Gasteiger charge is 2.49. The van der Waals surface area contributed by atoms with Crippen LogP contribution in [0.5, 0.6) is 17.2 Å². The zero-order valence-corrected chi connectivity index (χ0v) is 76.0. The van der Waals surface area contributed by atoms with Crippen molar-refractivity contribution >= 4 is 35.6 Å². The van der Waals surface area contributed by atoms with Crippen molar-refractivity contribution in [3.8, 4) is 17.2 Å². The molecule has 1 unspecified atom stereocenters. The summed E-state index contributed by atoms with van der Waals surface area (Å²) in [4.78, 5) is 140. The monoisotopic (exact) mass is 1860 g/mol. The van der Waals surface area contributed by atoms with Crippen molar-refractivity contribution in [1.29, 1.82) is 0 Å². The molecule has 14 aromatic rings. The number of pyridine rings is 3. The van der Waals surface area contributed by atoms with Gasteiger partial charge in [0.1, 0.15) is 36.7 Å². The lowest BCUT2D eigenvalue weighted by Gasteiger charge is -2.48. The first-order valence-electron chi connectivity index (χ1n) is 45.6. The summed E-state index contributed by atoms with van der Waals surface area (Å²) in [6.07, 6.45) is 1.35. The second kappa shape index (κ2) is 46.1. The van der Waals surface area contributed by atoms with Gasteiger partial charge in [-0.1, -0.05) is 310 Å². The molecular weight excluding hydrogens is 1760 g/mol. The summed E-state index contributed by atoms with van der Waals surface area (Å²) < 4.78 is 64.3. The molecule has 4 fully saturated rings. The SMILES string of the molecule is CCC(c1ncc(C(F)(F)F)c(=O)n1Cc1ccccc1)N1CCNCC1=O.O=C1C(=O)N(C(c2ccccc2)(c2ccccc2)c2ccccc2)CCN1Cc1cc(=O)c(OCc2ccccc2)cn1Cc1ccccc1.O=C1NCCN(Cc2cc(=O)c(OCc3ccccc3)cn2Cc2ccccc2)C1=O.O=C1NCCN1Cc1cc(=O)c(OCc2ccccc2)cn1Cc1ccccc1. The summed E-state index contributed by atoms with van der Waals surface area (Å²) in [5.41, 5.74) is 7.22. The molecule has 3 N–H and O–H groups in total. The topological polar surface area (TPSA) is 283 Å². The molecule has 704 valence electrons. The van der Waals surface area contributed by atoms with Crippen molar-refractivity contribution in [3.63, 3.8) is 0 Å². The lowest BCUT2D eigenvalue weighted by Crippen LogP contribution is -2.61. The largest absolute Gasteiger partial charge is 0.483 e. The minimum absolute atomic E-state index is 0.0529. The molecule has 0 radical (unpaired) electrons. The molecule has 18 rings (SSSR count). The van der Waals surface area contributed by atoms with Crippen LogP contribution in [0.3, 0.4) is 0 Å². The number of ether oxygens (including phenoxy) is 3. The normalized spacial score (nSPS) is 14.0. The number of piperazine rings is 3. The highest BCUT2D eigenvalue weighted by atomic mass is 19.4. The Morgan fingerprint density at radius 3 is 1.08 bits per heavy atom. The zero-order valence-electron chi connectivity index (χ0n) is 76.0. The van der Waals surface area contributed by atoms with Gasteiger partial charge in [0, 0.05) is 113 Å². The van der Waals surface area contributed by atoms with Crippen molar-refractivity contribution in [1.82, 2.24) is 63.7 Å². The minimum atomic E-state index is -4.80. The van der Waals surface area contributed by atoms with Gasteiger partial charge in [-0.05, 0) is 62.1 Å². The van der Waals surface area contributed by atoms with Crippen molar-refractivity contribution in [2.45, 2.75) is 96.7 Å². The number of nitrogens with zero attached hydrogens (tertiary/aromatic N) is 10. The van der Waals surface area contributed by atoms with Gasteiger partial charge in [0.15, 0.2) is 17.2 Å². The Morgan fingerprint density at radius 1 is 0.370 bits per heavy atom. The maximum Gasteiger partial charge on any atom is 0.423 e. The number of amides is 7. The summed E-state index contributed by atoms with van der Waals surface area (Å²) in [6.45, 7) is 8.57. The summed E-state index contributed by atoms with van der Waals surface area (Å²) in [5, 5.41) is 8.30. The number of benzene rings is 10. The molecule has 138 heavy (non-hydrogen) atoms. The summed E-state index contributed by atoms with van der Waals surface area (Å²) >= 11 is 0. The number of nitrogens with one attached hydrogen (secondary N) is 3. The van der Waals surface area contributed by atoms with Crippen LogP contribution in [0.15, 0.2) is 365 Å². The summed E-state index contributed by atoms with van der Waals surface area (Å²) in [6, 6.07) is 101. The molecule has 4 aromatic heterocycles. The van der Waals surface area contributed by atoms with Gasteiger partial charge >= 0.3 is 35.8 Å². The predicted octanol–water partition coefficient (Wildman–Crippen LogP) is 13.8. The van der Waals surface area contributed by atoms with Crippen LogP contribution < -0.4 is 52.0 Å². The average Bonchev–Trinajstić information content (AvgIpc) is 0.970. The number of halogens is 3. The molecule has 1 atom stereocenters. The van der Waals surface area contributed by atoms with Crippen molar-refractivity contribution in [2.75, 3.05) is 58.9 Å². The Bertz CT molecular complexity index is 6660. The second-order valence-electron chi connectivity index (χ2n) is 33.4. The van der Waals surface area contributed by atoms with Crippen LogP contribution in [-0.4, -0.2) is 142 Å². The lowest BCUT2D eigenvalue weighted by atomic mass is 9.75. The number of alkyl halides is 3. The van der Waals surface area contributed by atoms with Crippen molar-refractivity contribution in [3.05, 3.63) is 471 Å². The van der Waals surface area contributed by atoms with Crippen LogP contribution in [0.4, 0.5) is 18.0 Å². The Kier molecular flexibility index (Phi) is 32.2. The van der Waals surface area contributed by atoms with Gasteiger partial charge in [0.05, 0.1) is 57.4 Å². The fourth-order valence-electron chi connectivity index (χ4n) is 17.1. The second-order valence-corrected chi connectivity index (χ2v) is 33.4. The molecule has 4 aliphatic rings. The first-order chi connectivity index (χ1) is 67.1. The third-order valence-corrected chi connectivity index (χ3v) is 24.0. The molecule has 26 nitrogen and oxygen atoms in total. The van der Waals surface area contributed by atoms with Crippen LogP contribution >= 0.6 is 0 Å². The zero-order chi connectivity index (χ0) is 96.3. The maximum absolute atomic E-state index is 14.5. The van der Waals surface area contributed by atoms with Crippen molar-refractivity contribution < 1.29 is 56.1 Å². The van der Waals surface area contributed by atoms with E-state index in [2.05, 4.69) is 20.9 Å². The van der Waals surface area contributed by atoms with Gasteiger partial charge in [0.2, 0.25) is 22.2 Å². The van der Waals surface area contributed by atoms with Gasteiger partial charge in [-0.3, -0.25) is 47.7 Å². The van der Waals surface area contributed by atoms with Crippen LogP contribution in [0.25, 0.3) is 0 Å². The number of carbonyl (C=O) groups excluding carboxylic acids is 6. The number of carbonyl (C=O) groups is 6. The molecule has 4 aliphatic heterocycles. The molecule has 0 spiro atoms. The standard InChI is InChI=1S/C43H37N3O4.C24H23N3O4.C23H23N3O3.C19H21F3N4O2/c47-39-28-38(45(29-33-16-6-1-7-17-33)31-40(39)50-32-34-18-8-2-9-19-34)30-44-26-27-46(42(49)41(44)48)43(35-20-10-3-11-21-35,36-22-12-4-13-23-36)37-24-14-5-15-25-37;28-21-13-20(15-26-12-11-25-23(29)24(26)30)27(14-18-7-3-1-4-8-18)16-22(21)31-17-19-9-5-2-6-10-19;27-21-13-20(15-25-12-11-24-23(25)28)26(14-18-7-3-1-4-8-18)16-22(21)29-17-19-9-5-2-6-10-19;1-2-15(25-9-8-23-11-16(25)27)17-24-10-14(19(20,21)22)18(28)26(17)12-13-6-4-3-5-7-13/h1-25,28,31H,26-27,29-30,32H2;1-10,13,16H,11-12,14-15,17H2,(H,25,29);1-10,13,16H,11-12,14-15,17H2,(H,24,28);3-7,10,15,23H,2,8-9,11-12H2,1H3.